The van der Waals surface area contributed by atoms with Crippen molar-refractivity contribution in [3.05, 3.63) is 65.7 Å². The van der Waals surface area contributed by atoms with E-state index in [4.69, 9.17) is 14.7 Å². The highest BCUT2D eigenvalue weighted by molar-refractivity contribution is 5.82. The molecule has 0 aliphatic rings. The molecule has 1 N–H and O–H groups in total. The first-order valence-corrected chi connectivity index (χ1v) is 8.17. The third kappa shape index (κ3) is 5.64. The van der Waals surface area contributed by atoms with E-state index >= 15 is 0 Å². The summed E-state index contributed by atoms with van der Waals surface area (Å²) >= 11 is 0. The standard InChI is InChI=1S/C20H20N2O4/c1-14(17-6-4-3-5-7-17)22-19(23)13-25-20(24)15(2)26-18-10-8-16(12-21)9-11-18/h3-11,14-15H,13H2,1-2H3,(H,22,23)/t14-,15+/m0/s1. The Morgan fingerprint density at radius 2 is 1.73 bits per heavy atom. The lowest BCUT2D eigenvalue weighted by molar-refractivity contribution is -0.154. The Morgan fingerprint density at radius 3 is 2.35 bits per heavy atom. The highest BCUT2D eigenvalue weighted by atomic mass is 16.6. The summed E-state index contributed by atoms with van der Waals surface area (Å²) < 4.78 is 10.4. The predicted molar refractivity (Wildman–Crippen MR) is 95.2 cm³/mol. The highest BCUT2D eigenvalue weighted by Crippen LogP contribution is 2.14. The molecule has 0 spiro atoms. The summed E-state index contributed by atoms with van der Waals surface area (Å²) in [6.45, 7) is 3.01. The van der Waals surface area contributed by atoms with Gasteiger partial charge in [0, 0.05) is 0 Å². The fourth-order valence-electron chi connectivity index (χ4n) is 2.22. The highest BCUT2D eigenvalue weighted by Gasteiger charge is 2.18. The monoisotopic (exact) mass is 352 g/mol. The van der Waals surface area contributed by atoms with Gasteiger partial charge in [-0.3, -0.25) is 4.79 Å². The van der Waals surface area contributed by atoms with Gasteiger partial charge in [-0.05, 0) is 43.7 Å². The molecule has 26 heavy (non-hydrogen) atoms. The van der Waals surface area contributed by atoms with Gasteiger partial charge in [0.25, 0.3) is 5.91 Å². The molecule has 0 radical (unpaired) electrons. The van der Waals surface area contributed by atoms with E-state index in [0.29, 0.717) is 11.3 Å². The maximum Gasteiger partial charge on any atom is 0.347 e. The number of ether oxygens (including phenoxy) is 2. The van der Waals surface area contributed by atoms with E-state index in [1.54, 1.807) is 24.3 Å². The van der Waals surface area contributed by atoms with Gasteiger partial charge in [-0.25, -0.2) is 4.79 Å². The average Bonchev–Trinajstić information content (AvgIpc) is 2.67. The van der Waals surface area contributed by atoms with Crippen molar-refractivity contribution in [2.45, 2.75) is 26.0 Å². The second-order valence-corrected chi connectivity index (χ2v) is 5.70. The first kappa shape index (κ1) is 19.0. The quantitative estimate of drug-likeness (QED) is 0.774. The Balaban J connectivity index is 1.77. The number of benzene rings is 2. The van der Waals surface area contributed by atoms with Gasteiger partial charge < -0.3 is 14.8 Å². The van der Waals surface area contributed by atoms with Crippen LogP contribution in [0, 0.1) is 11.3 Å². The normalized spacial score (nSPS) is 12.3. The summed E-state index contributed by atoms with van der Waals surface area (Å²) in [6, 6.07) is 17.7. The number of carbonyl (C=O) groups excluding carboxylic acids is 2. The van der Waals surface area contributed by atoms with Crippen molar-refractivity contribution in [2.24, 2.45) is 0 Å². The van der Waals surface area contributed by atoms with Gasteiger partial charge in [0.15, 0.2) is 12.7 Å². The number of amides is 1. The van der Waals surface area contributed by atoms with Crippen LogP contribution in [0.3, 0.4) is 0 Å². The second-order valence-electron chi connectivity index (χ2n) is 5.70. The molecule has 0 saturated heterocycles. The molecule has 6 heteroatoms. The van der Waals surface area contributed by atoms with Gasteiger partial charge in [0.05, 0.1) is 17.7 Å². The number of nitriles is 1. The van der Waals surface area contributed by atoms with Crippen LogP contribution in [0.25, 0.3) is 0 Å². The molecule has 0 unspecified atom stereocenters. The molecule has 6 nitrogen and oxygen atoms in total. The summed E-state index contributed by atoms with van der Waals surface area (Å²) in [5, 5.41) is 11.5. The lowest BCUT2D eigenvalue weighted by atomic mass is 10.1. The topological polar surface area (TPSA) is 88.4 Å². The van der Waals surface area contributed by atoms with Crippen LogP contribution in [-0.2, 0) is 14.3 Å². The van der Waals surface area contributed by atoms with Gasteiger partial charge in [-0.2, -0.15) is 5.26 Å². The fraction of sp³-hybridized carbons (Fsp3) is 0.250. The van der Waals surface area contributed by atoms with E-state index in [1.807, 2.05) is 43.3 Å². The molecular weight excluding hydrogens is 332 g/mol. The van der Waals surface area contributed by atoms with Crippen molar-refractivity contribution < 1.29 is 19.1 Å². The summed E-state index contributed by atoms with van der Waals surface area (Å²) in [5.74, 6) is -0.590. The van der Waals surface area contributed by atoms with Crippen molar-refractivity contribution in [1.29, 1.82) is 5.26 Å². The molecular formula is C20H20N2O4. The van der Waals surface area contributed by atoms with E-state index in [0.717, 1.165) is 5.56 Å². The number of esters is 1. The Hall–Kier alpha value is -3.33. The molecule has 0 heterocycles. The van der Waals surface area contributed by atoms with E-state index in [2.05, 4.69) is 5.32 Å². The van der Waals surface area contributed by atoms with E-state index in [1.165, 1.54) is 6.92 Å². The van der Waals surface area contributed by atoms with Gasteiger partial charge in [-0.1, -0.05) is 30.3 Å². The number of carbonyl (C=O) groups is 2. The summed E-state index contributed by atoms with van der Waals surface area (Å²) in [7, 11) is 0. The minimum Gasteiger partial charge on any atom is -0.479 e. The van der Waals surface area contributed by atoms with Crippen LogP contribution < -0.4 is 10.1 Å². The van der Waals surface area contributed by atoms with Crippen molar-refractivity contribution >= 4 is 11.9 Å². The Labute approximate surface area is 152 Å². The molecule has 0 aliphatic heterocycles. The minimum absolute atomic E-state index is 0.185. The van der Waals surface area contributed by atoms with Crippen molar-refractivity contribution in [3.8, 4) is 11.8 Å². The van der Waals surface area contributed by atoms with E-state index in [9.17, 15) is 9.59 Å². The second kappa shape index (κ2) is 9.23. The smallest absolute Gasteiger partial charge is 0.347 e. The third-order valence-corrected chi connectivity index (χ3v) is 3.65. The summed E-state index contributed by atoms with van der Waals surface area (Å²) in [6.07, 6.45) is -0.873. The maximum absolute atomic E-state index is 12.0. The molecule has 134 valence electrons. The summed E-state index contributed by atoms with van der Waals surface area (Å²) in [5.41, 5.74) is 1.46. The zero-order valence-corrected chi connectivity index (χ0v) is 14.6. The number of nitrogens with one attached hydrogen (secondary N) is 1. The minimum atomic E-state index is -0.873. The summed E-state index contributed by atoms with van der Waals surface area (Å²) in [4.78, 5) is 23.9. The molecule has 2 atom stereocenters. The molecule has 2 aromatic carbocycles. The maximum atomic E-state index is 12.0. The number of nitrogens with zero attached hydrogens (tertiary/aromatic N) is 1. The Kier molecular flexibility index (Phi) is 6.75. The number of hydrogen-bond donors (Lipinski definition) is 1. The van der Waals surface area contributed by atoms with Gasteiger partial charge in [-0.15, -0.1) is 0 Å². The molecule has 2 rings (SSSR count). The predicted octanol–water partition coefficient (Wildman–Crippen LogP) is 2.75. The van der Waals surface area contributed by atoms with Crippen LogP contribution in [0.5, 0.6) is 5.75 Å². The first-order chi connectivity index (χ1) is 12.5. The van der Waals surface area contributed by atoms with Crippen molar-refractivity contribution in [3.63, 3.8) is 0 Å². The zero-order chi connectivity index (χ0) is 18.9. The molecule has 0 saturated carbocycles. The van der Waals surface area contributed by atoms with Crippen LogP contribution in [0.2, 0.25) is 0 Å². The third-order valence-electron chi connectivity index (χ3n) is 3.65. The molecule has 2 aromatic rings. The van der Waals surface area contributed by atoms with Gasteiger partial charge in [0.2, 0.25) is 0 Å². The number of rotatable bonds is 7. The molecule has 0 bridgehead atoms. The largest absolute Gasteiger partial charge is 0.479 e. The van der Waals surface area contributed by atoms with Crippen molar-refractivity contribution in [2.75, 3.05) is 6.61 Å². The van der Waals surface area contributed by atoms with E-state index in [-0.39, 0.29) is 18.6 Å². The fourth-order valence-corrected chi connectivity index (χ4v) is 2.22. The van der Waals surface area contributed by atoms with Crippen LogP contribution in [0.4, 0.5) is 0 Å². The SMILES string of the molecule is C[C@H](NC(=O)COC(=O)[C@@H](C)Oc1ccc(C#N)cc1)c1ccccc1. The lowest BCUT2D eigenvalue weighted by Crippen LogP contribution is -2.34. The van der Waals surface area contributed by atoms with Gasteiger partial charge >= 0.3 is 5.97 Å². The van der Waals surface area contributed by atoms with Crippen LogP contribution in [0.15, 0.2) is 54.6 Å². The van der Waals surface area contributed by atoms with Crippen LogP contribution in [0.1, 0.15) is 31.0 Å². The van der Waals surface area contributed by atoms with Gasteiger partial charge in [0.1, 0.15) is 5.75 Å². The molecule has 0 aliphatic carbocycles. The Bertz CT molecular complexity index is 782. The lowest BCUT2D eigenvalue weighted by Gasteiger charge is -2.16. The zero-order valence-electron chi connectivity index (χ0n) is 14.6. The molecule has 1 amide bonds. The average molecular weight is 352 g/mol. The van der Waals surface area contributed by atoms with Crippen molar-refractivity contribution in [1.82, 2.24) is 5.32 Å². The number of hydrogen-bond acceptors (Lipinski definition) is 5. The van der Waals surface area contributed by atoms with E-state index < -0.39 is 12.1 Å². The molecule has 0 aromatic heterocycles. The molecule has 0 fully saturated rings. The Morgan fingerprint density at radius 1 is 1.08 bits per heavy atom. The van der Waals surface area contributed by atoms with Crippen LogP contribution in [-0.4, -0.2) is 24.6 Å². The first-order valence-electron chi connectivity index (χ1n) is 8.17. The van der Waals surface area contributed by atoms with Crippen LogP contribution >= 0.6 is 0 Å².